The molecule has 3 N–H and O–H groups in total. The Labute approximate surface area is 112 Å². The number of nitrogens with one attached hydrogen (secondary N) is 1. The highest BCUT2D eigenvalue weighted by Crippen LogP contribution is 2.24. The highest BCUT2D eigenvalue weighted by Gasteiger charge is 2.25. The van der Waals surface area contributed by atoms with E-state index in [2.05, 4.69) is 10.3 Å². The van der Waals surface area contributed by atoms with Crippen LogP contribution in [0.15, 0.2) is 12.3 Å². The van der Waals surface area contributed by atoms with Crippen molar-refractivity contribution in [2.45, 2.75) is 32.4 Å². The molecule has 0 aliphatic carbocycles. The van der Waals surface area contributed by atoms with Gasteiger partial charge in [0.1, 0.15) is 5.82 Å². The second-order valence-electron chi connectivity index (χ2n) is 4.46. The van der Waals surface area contributed by atoms with E-state index in [4.69, 9.17) is 15.2 Å². The van der Waals surface area contributed by atoms with Crippen LogP contribution in [0.25, 0.3) is 0 Å². The van der Waals surface area contributed by atoms with Crippen molar-refractivity contribution in [3.8, 4) is 0 Å². The molecule has 1 aliphatic rings. The Morgan fingerprint density at radius 3 is 3.11 bits per heavy atom. The van der Waals surface area contributed by atoms with Gasteiger partial charge in [0.25, 0.3) is 0 Å². The fourth-order valence-corrected chi connectivity index (χ4v) is 2.07. The van der Waals surface area contributed by atoms with Gasteiger partial charge in [-0.25, -0.2) is 9.78 Å². The number of rotatable bonds is 4. The highest BCUT2D eigenvalue weighted by molar-refractivity contribution is 5.97. The number of nitrogen functional groups attached to an aromatic ring is 1. The Morgan fingerprint density at radius 1 is 1.68 bits per heavy atom. The Kier molecular flexibility index (Phi) is 4.21. The third kappa shape index (κ3) is 2.96. The third-order valence-corrected chi connectivity index (χ3v) is 3.18. The summed E-state index contributed by atoms with van der Waals surface area (Å²) >= 11 is 0. The number of pyridine rings is 1. The number of nitrogens with zero attached hydrogens (tertiary/aromatic N) is 1. The molecule has 19 heavy (non-hydrogen) atoms. The Morgan fingerprint density at radius 2 is 2.47 bits per heavy atom. The summed E-state index contributed by atoms with van der Waals surface area (Å²) in [6, 6.07) is 1.72. The van der Waals surface area contributed by atoms with E-state index in [1.807, 2.05) is 6.92 Å². The molecular formula is C13H19N3O3. The number of carbonyl (C=O) groups is 1. The van der Waals surface area contributed by atoms with Crippen molar-refractivity contribution in [1.29, 1.82) is 0 Å². The number of nitrogens with two attached hydrogens (primary N) is 1. The number of hydrogen-bond donors (Lipinski definition) is 2. The van der Waals surface area contributed by atoms with Gasteiger partial charge in [0, 0.05) is 12.8 Å². The first kappa shape index (κ1) is 13.6. The normalized spacial score (nSPS) is 22.2. The van der Waals surface area contributed by atoms with Crippen LogP contribution in [-0.4, -0.2) is 36.3 Å². The highest BCUT2D eigenvalue weighted by atomic mass is 16.5. The Hall–Kier alpha value is -1.82. The summed E-state index contributed by atoms with van der Waals surface area (Å²) in [5.74, 6) is 0.0778. The lowest BCUT2D eigenvalue weighted by Crippen LogP contribution is -2.28. The summed E-state index contributed by atoms with van der Waals surface area (Å²) in [6.07, 6.45) is 2.55. The molecule has 2 rings (SSSR count). The van der Waals surface area contributed by atoms with Gasteiger partial charge in [-0.1, -0.05) is 0 Å². The van der Waals surface area contributed by atoms with E-state index in [9.17, 15) is 4.79 Å². The van der Waals surface area contributed by atoms with Crippen molar-refractivity contribution in [3.63, 3.8) is 0 Å². The number of esters is 1. The van der Waals surface area contributed by atoms with Gasteiger partial charge in [0.05, 0.1) is 30.0 Å². The molecule has 6 nitrogen and oxygen atoms in total. The van der Waals surface area contributed by atoms with E-state index in [0.29, 0.717) is 23.7 Å². The molecule has 6 heteroatoms. The van der Waals surface area contributed by atoms with Gasteiger partial charge >= 0.3 is 5.97 Å². The predicted molar refractivity (Wildman–Crippen MR) is 72.0 cm³/mol. The molecule has 0 spiro atoms. The van der Waals surface area contributed by atoms with E-state index in [1.54, 1.807) is 19.2 Å². The van der Waals surface area contributed by atoms with Crippen molar-refractivity contribution < 1.29 is 14.3 Å². The van der Waals surface area contributed by atoms with Gasteiger partial charge < -0.3 is 20.5 Å². The topological polar surface area (TPSA) is 86.5 Å². The second-order valence-corrected chi connectivity index (χ2v) is 4.46. The van der Waals surface area contributed by atoms with E-state index in [1.165, 1.54) is 0 Å². The van der Waals surface area contributed by atoms with E-state index in [0.717, 1.165) is 13.0 Å². The summed E-state index contributed by atoms with van der Waals surface area (Å²) in [6.45, 7) is 4.79. The summed E-state index contributed by atoms with van der Waals surface area (Å²) in [7, 11) is 0. The SMILES string of the molecule is CCOC(=O)c1ccnc(NC2CCOC2C)c1N. The zero-order chi connectivity index (χ0) is 13.8. The predicted octanol–water partition coefficient (Wildman–Crippen LogP) is 1.43. The minimum atomic E-state index is -0.429. The largest absolute Gasteiger partial charge is 0.462 e. The average molecular weight is 265 g/mol. The quantitative estimate of drug-likeness (QED) is 0.801. The van der Waals surface area contributed by atoms with Crippen molar-refractivity contribution in [2.24, 2.45) is 0 Å². The summed E-state index contributed by atoms with van der Waals surface area (Å²) < 4.78 is 10.4. The lowest BCUT2D eigenvalue weighted by Gasteiger charge is -2.18. The van der Waals surface area contributed by atoms with E-state index < -0.39 is 5.97 Å². The van der Waals surface area contributed by atoms with Crippen molar-refractivity contribution >= 4 is 17.5 Å². The van der Waals surface area contributed by atoms with Crippen LogP contribution in [0.1, 0.15) is 30.6 Å². The molecule has 0 saturated carbocycles. The molecular weight excluding hydrogens is 246 g/mol. The first-order chi connectivity index (χ1) is 9.13. The smallest absolute Gasteiger partial charge is 0.340 e. The van der Waals surface area contributed by atoms with Crippen LogP contribution in [0.2, 0.25) is 0 Å². The minimum absolute atomic E-state index is 0.104. The van der Waals surface area contributed by atoms with Gasteiger partial charge in [0.15, 0.2) is 0 Å². The molecule has 1 fully saturated rings. The van der Waals surface area contributed by atoms with Crippen molar-refractivity contribution in [1.82, 2.24) is 4.98 Å². The van der Waals surface area contributed by atoms with Crippen LogP contribution in [-0.2, 0) is 9.47 Å². The molecule has 1 saturated heterocycles. The molecule has 2 heterocycles. The standard InChI is InChI=1S/C13H19N3O3/c1-3-18-13(17)9-4-6-15-12(11(9)14)16-10-5-7-19-8(10)2/h4,6,8,10H,3,5,7,14H2,1-2H3,(H,15,16). The zero-order valence-electron chi connectivity index (χ0n) is 11.2. The van der Waals surface area contributed by atoms with Crippen LogP contribution in [0.5, 0.6) is 0 Å². The van der Waals surface area contributed by atoms with Gasteiger partial charge in [-0.2, -0.15) is 0 Å². The monoisotopic (exact) mass is 265 g/mol. The molecule has 2 unspecified atom stereocenters. The maximum atomic E-state index is 11.7. The van der Waals surface area contributed by atoms with Crippen LogP contribution >= 0.6 is 0 Å². The summed E-state index contributed by atoms with van der Waals surface area (Å²) in [5, 5.41) is 3.23. The van der Waals surface area contributed by atoms with E-state index >= 15 is 0 Å². The van der Waals surface area contributed by atoms with Crippen molar-refractivity contribution in [2.75, 3.05) is 24.3 Å². The Balaban J connectivity index is 2.17. The Bertz CT molecular complexity index is 464. The number of carbonyl (C=O) groups excluding carboxylic acids is 1. The molecule has 0 radical (unpaired) electrons. The van der Waals surface area contributed by atoms with Gasteiger partial charge in [-0.3, -0.25) is 0 Å². The van der Waals surface area contributed by atoms with Crippen LogP contribution in [0.4, 0.5) is 11.5 Å². The number of ether oxygens (including phenoxy) is 2. The van der Waals surface area contributed by atoms with E-state index in [-0.39, 0.29) is 12.1 Å². The maximum Gasteiger partial charge on any atom is 0.340 e. The molecule has 0 amide bonds. The van der Waals surface area contributed by atoms with Crippen LogP contribution < -0.4 is 11.1 Å². The summed E-state index contributed by atoms with van der Waals surface area (Å²) in [5.41, 5.74) is 6.63. The first-order valence-electron chi connectivity index (χ1n) is 6.43. The molecule has 1 aromatic heterocycles. The third-order valence-electron chi connectivity index (χ3n) is 3.18. The molecule has 0 bridgehead atoms. The molecule has 2 atom stereocenters. The lowest BCUT2D eigenvalue weighted by molar-refractivity contribution is 0.0527. The van der Waals surface area contributed by atoms with Crippen molar-refractivity contribution in [3.05, 3.63) is 17.8 Å². The molecule has 1 aliphatic heterocycles. The lowest BCUT2D eigenvalue weighted by atomic mass is 10.1. The van der Waals surface area contributed by atoms with Gasteiger partial charge in [-0.05, 0) is 26.3 Å². The first-order valence-corrected chi connectivity index (χ1v) is 6.43. The zero-order valence-corrected chi connectivity index (χ0v) is 11.2. The second kappa shape index (κ2) is 5.88. The molecule has 104 valence electrons. The molecule has 0 aromatic carbocycles. The van der Waals surface area contributed by atoms with Gasteiger partial charge in [-0.15, -0.1) is 0 Å². The number of anilines is 2. The summed E-state index contributed by atoms with van der Waals surface area (Å²) in [4.78, 5) is 15.9. The average Bonchev–Trinajstić information content (AvgIpc) is 2.78. The van der Waals surface area contributed by atoms with Gasteiger partial charge in [0.2, 0.25) is 0 Å². The number of aromatic nitrogens is 1. The van der Waals surface area contributed by atoms with Crippen LogP contribution in [0.3, 0.4) is 0 Å². The molecule has 1 aromatic rings. The fourth-order valence-electron chi connectivity index (χ4n) is 2.07. The van der Waals surface area contributed by atoms with Crippen LogP contribution in [0, 0.1) is 0 Å². The minimum Gasteiger partial charge on any atom is -0.462 e. The number of hydrogen-bond acceptors (Lipinski definition) is 6. The fraction of sp³-hybridized carbons (Fsp3) is 0.538. The maximum absolute atomic E-state index is 11.7.